The number of carbonyl (C=O) groups is 2. The van der Waals surface area contributed by atoms with Crippen LogP contribution in [0.15, 0.2) is 66.5 Å². The molecule has 152 valence electrons. The van der Waals surface area contributed by atoms with Gasteiger partial charge in [0.1, 0.15) is 34.7 Å². The molecule has 2 heterocycles. The van der Waals surface area contributed by atoms with Crippen molar-refractivity contribution in [3.8, 4) is 5.75 Å². The molecule has 0 spiro atoms. The van der Waals surface area contributed by atoms with Crippen LogP contribution < -0.4 is 15.4 Å². The van der Waals surface area contributed by atoms with Gasteiger partial charge in [0.05, 0.1) is 13.3 Å². The van der Waals surface area contributed by atoms with E-state index in [9.17, 15) is 19.1 Å². The molecule has 0 aliphatic carbocycles. The molecule has 0 fully saturated rings. The monoisotopic (exact) mass is 408 g/mol. The molecule has 1 unspecified atom stereocenters. The fourth-order valence-electron chi connectivity index (χ4n) is 3.20. The zero-order valence-electron chi connectivity index (χ0n) is 15.8. The van der Waals surface area contributed by atoms with Crippen LogP contribution in [0.3, 0.4) is 0 Å². The number of nitrogens with zero attached hydrogens (tertiary/aromatic N) is 2. The molecule has 1 atom stereocenters. The number of carboxylic acid groups (broad SMARTS) is 1. The maximum absolute atomic E-state index is 14.4. The number of methoxy groups -OCH3 is 1. The van der Waals surface area contributed by atoms with Crippen LogP contribution >= 0.6 is 0 Å². The minimum atomic E-state index is -1.23. The second-order valence-corrected chi connectivity index (χ2v) is 6.51. The van der Waals surface area contributed by atoms with Crippen LogP contribution in [-0.4, -0.2) is 33.9 Å². The highest BCUT2D eigenvalue weighted by Gasteiger charge is 2.30. The highest BCUT2D eigenvalue weighted by atomic mass is 19.1. The first-order valence-corrected chi connectivity index (χ1v) is 8.97. The first-order chi connectivity index (χ1) is 14.5. The maximum Gasteiger partial charge on any atom is 0.352 e. The van der Waals surface area contributed by atoms with Crippen molar-refractivity contribution in [2.75, 3.05) is 17.7 Å². The van der Waals surface area contributed by atoms with Crippen molar-refractivity contribution < 1.29 is 23.8 Å². The number of amides is 1. The summed E-state index contributed by atoms with van der Waals surface area (Å²) in [5, 5.41) is 19.1. The number of aromatic nitrogens is 2. The lowest BCUT2D eigenvalue weighted by Crippen LogP contribution is -2.26. The third-order valence-electron chi connectivity index (χ3n) is 4.68. The summed E-state index contributed by atoms with van der Waals surface area (Å²) in [6, 6.07) is 11.9. The Morgan fingerprint density at radius 2 is 1.93 bits per heavy atom. The van der Waals surface area contributed by atoms with E-state index in [4.69, 9.17) is 4.74 Å². The van der Waals surface area contributed by atoms with Crippen LogP contribution in [0.4, 0.5) is 15.9 Å². The number of rotatable bonds is 5. The van der Waals surface area contributed by atoms with Crippen LogP contribution in [-0.2, 0) is 4.79 Å². The average Bonchev–Trinajstić information content (AvgIpc) is 3.18. The van der Waals surface area contributed by atoms with Gasteiger partial charge in [-0.1, -0.05) is 18.2 Å². The van der Waals surface area contributed by atoms with E-state index in [1.165, 1.54) is 30.1 Å². The Bertz CT molecular complexity index is 1150. The van der Waals surface area contributed by atoms with Crippen molar-refractivity contribution in [3.63, 3.8) is 0 Å². The number of ether oxygens (including phenoxy) is 1. The molecule has 3 aromatic rings. The quantitative estimate of drug-likeness (QED) is 0.598. The predicted octanol–water partition coefficient (Wildman–Crippen LogP) is 3.27. The summed E-state index contributed by atoms with van der Waals surface area (Å²) >= 11 is 0. The molecule has 0 saturated heterocycles. The van der Waals surface area contributed by atoms with E-state index < -0.39 is 23.7 Å². The Morgan fingerprint density at radius 1 is 1.20 bits per heavy atom. The molecule has 1 aliphatic heterocycles. The minimum absolute atomic E-state index is 0.124. The fraction of sp³-hybridized carbons (Fsp3) is 0.0952. The van der Waals surface area contributed by atoms with Crippen molar-refractivity contribution in [3.05, 3.63) is 83.4 Å². The molecule has 8 nitrogen and oxygen atoms in total. The maximum atomic E-state index is 14.4. The van der Waals surface area contributed by atoms with Gasteiger partial charge in [0, 0.05) is 11.3 Å². The van der Waals surface area contributed by atoms with E-state index in [1.807, 2.05) is 0 Å². The van der Waals surface area contributed by atoms with Gasteiger partial charge in [-0.3, -0.25) is 4.79 Å². The van der Waals surface area contributed by atoms with Crippen molar-refractivity contribution >= 4 is 23.4 Å². The fourth-order valence-corrected chi connectivity index (χ4v) is 3.20. The molecular formula is C21H17FN4O4. The molecule has 1 aliphatic rings. The Hall–Kier alpha value is -4.14. The summed E-state index contributed by atoms with van der Waals surface area (Å²) in [7, 11) is 1.54. The van der Waals surface area contributed by atoms with Crippen LogP contribution in [0.5, 0.6) is 5.75 Å². The van der Waals surface area contributed by atoms with Gasteiger partial charge in [0.15, 0.2) is 0 Å². The summed E-state index contributed by atoms with van der Waals surface area (Å²) in [6.45, 7) is 0. The van der Waals surface area contributed by atoms with Crippen LogP contribution in [0.25, 0.3) is 0 Å². The summed E-state index contributed by atoms with van der Waals surface area (Å²) in [4.78, 5) is 24.4. The number of hydrogen-bond donors (Lipinski definition) is 3. The number of halogens is 1. The number of carboxylic acids is 1. The van der Waals surface area contributed by atoms with E-state index in [2.05, 4.69) is 15.7 Å². The first-order valence-electron chi connectivity index (χ1n) is 8.97. The Kier molecular flexibility index (Phi) is 4.93. The number of benzene rings is 2. The molecule has 9 heteroatoms. The van der Waals surface area contributed by atoms with Gasteiger partial charge >= 0.3 is 5.97 Å². The number of carbonyl (C=O) groups excluding carboxylic acids is 1. The molecule has 1 amide bonds. The van der Waals surface area contributed by atoms with E-state index in [0.29, 0.717) is 11.4 Å². The molecule has 0 saturated carbocycles. The average molecular weight is 408 g/mol. The molecule has 0 bridgehead atoms. The first kappa shape index (κ1) is 19.2. The van der Waals surface area contributed by atoms with Crippen molar-refractivity contribution in [2.24, 2.45) is 0 Å². The van der Waals surface area contributed by atoms with E-state index in [0.717, 1.165) is 0 Å². The molecule has 3 N–H and O–H groups in total. The summed E-state index contributed by atoms with van der Waals surface area (Å²) < 4.78 is 20.9. The topological polar surface area (TPSA) is 105 Å². The molecule has 4 rings (SSSR count). The Balaban J connectivity index is 1.70. The van der Waals surface area contributed by atoms with Gasteiger partial charge in [-0.25, -0.2) is 13.9 Å². The number of aliphatic carboxylic acids is 1. The number of fused-ring (bicyclic) bond motifs is 1. The SMILES string of the molecule is COc1ccc(NC(=O)c2cnn3c2NC(C(=O)O)=CC3c2ccccc2F)cc1. The third kappa shape index (κ3) is 3.48. The standard InChI is InChI=1S/C21H17FN4O4/c1-30-13-8-6-12(7-9-13)24-20(27)15-11-23-26-18(14-4-2-3-5-16(14)22)10-17(21(28)29)25-19(15)26/h2-11,18,25H,1H3,(H,24,27)(H,28,29). The highest BCUT2D eigenvalue weighted by Crippen LogP contribution is 2.33. The third-order valence-corrected chi connectivity index (χ3v) is 4.68. The Morgan fingerprint density at radius 3 is 2.60 bits per heavy atom. The lowest BCUT2D eigenvalue weighted by atomic mass is 10.0. The highest BCUT2D eigenvalue weighted by molar-refractivity contribution is 6.08. The smallest absolute Gasteiger partial charge is 0.352 e. The Labute approximate surface area is 170 Å². The minimum Gasteiger partial charge on any atom is -0.497 e. The summed E-state index contributed by atoms with van der Waals surface area (Å²) in [6.07, 6.45) is 2.67. The van der Waals surface area contributed by atoms with Gasteiger partial charge in [0.2, 0.25) is 0 Å². The summed E-state index contributed by atoms with van der Waals surface area (Å²) in [5.74, 6) is -1.43. The van der Waals surface area contributed by atoms with Gasteiger partial charge in [-0.2, -0.15) is 5.10 Å². The number of hydrogen-bond acceptors (Lipinski definition) is 5. The van der Waals surface area contributed by atoms with Crippen molar-refractivity contribution in [1.82, 2.24) is 9.78 Å². The van der Waals surface area contributed by atoms with E-state index in [-0.39, 0.29) is 22.6 Å². The zero-order valence-corrected chi connectivity index (χ0v) is 15.8. The molecule has 30 heavy (non-hydrogen) atoms. The second-order valence-electron chi connectivity index (χ2n) is 6.51. The number of nitrogens with one attached hydrogen (secondary N) is 2. The van der Waals surface area contributed by atoms with E-state index >= 15 is 0 Å². The van der Waals surface area contributed by atoms with Crippen LogP contribution in [0.2, 0.25) is 0 Å². The molecule has 0 radical (unpaired) electrons. The molecule has 2 aromatic carbocycles. The second kappa shape index (κ2) is 7.70. The van der Waals surface area contributed by atoms with Crippen LogP contribution in [0, 0.1) is 5.82 Å². The van der Waals surface area contributed by atoms with E-state index in [1.54, 1.807) is 42.5 Å². The predicted molar refractivity (Wildman–Crippen MR) is 107 cm³/mol. The van der Waals surface area contributed by atoms with Gasteiger partial charge in [-0.15, -0.1) is 0 Å². The van der Waals surface area contributed by atoms with Gasteiger partial charge < -0.3 is 20.5 Å². The van der Waals surface area contributed by atoms with Gasteiger partial charge in [-0.05, 0) is 36.4 Å². The number of anilines is 2. The normalized spacial score (nSPS) is 14.9. The number of allylic oxidation sites excluding steroid dienone is 1. The van der Waals surface area contributed by atoms with Crippen molar-refractivity contribution in [1.29, 1.82) is 0 Å². The lowest BCUT2D eigenvalue weighted by molar-refractivity contribution is -0.132. The zero-order chi connectivity index (χ0) is 21.3. The molecular weight excluding hydrogens is 391 g/mol. The lowest BCUT2D eigenvalue weighted by Gasteiger charge is -2.24. The molecule has 1 aromatic heterocycles. The summed E-state index contributed by atoms with van der Waals surface area (Å²) in [5.41, 5.74) is 0.717. The van der Waals surface area contributed by atoms with Crippen molar-refractivity contribution in [2.45, 2.75) is 6.04 Å². The van der Waals surface area contributed by atoms with Crippen LogP contribution in [0.1, 0.15) is 22.0 Å². The van der Waals surface area contributed by atoms with Gasteiger partial charge in [0.25, 0.3) is 5.91 Å². The largest absolute Gasteiger partial charge is 0.497 e.